The lowest BCUT2D eigenvalue weighted by atomic mass is 10.1. The zero-order chi connectivity index (χ0) is 13.4. The van der Waals surface area contributed by atoms with Crippen molar-refractivity contribution in [3.8, 4) is 0 Å². The summed E-state index contributed by atoms with van der Waals surface area (Å²) in [6, 6.07) is 14.7. The van der Waals surface area contributed by atoms with Crippen molar-refractivity contribution in [2.45, 2.75) is 0 Å². The van der Waals surface area contributed by atoms with E-state index in [0.29, 0.717) is 20.5 Å². The number of ketones is 1. The fourth-order valence-corrected chi connectivity index (χ4v) is 3.41. The number of carbonyl (C=O) groups is 1. The lowest BCUT2D eigenvalue weighted by Crippen LogP contribution is -1.99. The number of hydrogen-bond acceptors (Lipinski definition) is 2. The van der Waals surface area contributed by atoms with Gasteiger partial charge >= 0.3 is 0 Å². The highest BCUT2D eigenvalue weighted by Gasteiger charge is 2.15. The second kappa shape index (κ2) is 4.97. The van der Waals surface area contributed by atoms with Crippen molar-refractivity contribution >= 4 is 50.4 Å². The molecule has 3 rings (SSSR count). The van der Waals surface area contributed by atoms with Gasteiger partial charge in [-0.05, 0) is 35.7 Å². The first-order valence-corrected chi connectivity index (χ1v) is 7.21. The summed E-state index contributed by atoms with van der Waals surface area (Å²) in [5.74, 6) is -0.0668. The Morgan fingerprint density at radius 1 is 1.00 bits per heavy atom. The molecule has 0 bridgehead atoms. The highest BCUT2D eigenvalue weighted by Crippen LogP contribution is 2.30. The molecule has 1 nitrogen and oxygen atoms in total. The molecule has 0 aliphatic heterocycles. The molecule has 0 unspecified atom stereocenters. The van der Waals surface area contributed by atoms with Gasteiger partial charge in [0.2, 0.25) is 5.78 Å². The van der Waals surface area contributed by atoms with Crippen molar-refractivity contribution in [3.63, 3.8) is 0 Å². The summed E-state index contributed by atoms with van der Waals surface area (Å²) in [4.78, 5) is 13.1. The molecule has 2 aromatic carbocycles. The highest BCUT2D eigenvalue weighted by atomic mass is 35.5. The minimum atomic E-state index is -0.0668. The normalized spacial score (nSPS) is 10.8. The summed E-state index contributed by atoms with van der Waals surface area (Å²) in [6.07, 6.45) is 0. The highest BCUT2D eigenvalue weighted by molar-refractivity contribution is 7.21. The van der Waals surface area contributed by atoms with Crippen molar-refractivity contribution in [1.82, 2.24) is 0 Å². The third-order valence-corrected chi connectivity index (χ3v) is 4.49. The molecule has 0 fully saturated rings. The van der Waals surface area contributed by atoms with E-state index in [1.807, 2.05) is 30.3 Å². The van der Waals surface area contributed by atoms with Gasteiger partial charge < -0.3 is 0 Å². The van der Waals surface area contributed by atoms with Gasteiger partial charge in [-0.2, -0.15) is 0 Å². The average Bonchev–Trinajstić information content (AvgIpc) is 2.81. The Morgan fingerprint density at radius 3 is 2.53 bits per heavy atom. The summed E-state index contributed by atoms with van der Waals surface area (Å²) in [5.41, 5.74) is 0.484. The summed E-state index contributed by atoms with van der Waals surface area (Å²) >= 11 is 13.4. The van der Waals surface area contributed by atoms with E-state index in [4.69, 9.17) is 23.2 Å². The van der Waals surface area contributed by atoms with Crippen molar-refractivity contribution in [2.75, 3.05) is 0 Å². The van der Waals surface area contributed by atoms with Crippen LogP contribution in [0.2, 0.25) is 10.0 Å². The molecule has 1 heterocycles. The predicted octanol–water partition coefficient (Wildman–Crippen LogP) is 5.44. The second-order valence-electron chi connectivity index (χ2n) is 4.10. The summed E-state index contributed by atoms with van der Waals surface area (Å²) in [6.45, 7) is 0. The van der Waals surface area contributed by atoms with Crippen LogP contribution in [0.3, 0.4) is 0 Å². The molecular weight excluding hydrogens is 299 g/mol. The summed E-state index contributed by atoms with van der Waals surface area (Å²) in [5, 5.41) is 1.98. The third kappa shape index (κ3) is 2.39. The maximum atomic E-state index is 12.4. The van der Waals surface area contributed by atoms with Gasteiger partial charge in [-0.25, -0.2) is 0 Å². The summed E-state index contributed by atoms with van der Waals surface area (Å²) < 4.78 is 1.09. The standard InChI is InChI=1S/C15H8Cl2OS/c16-10-5-6-11(12(17)8-10)15(18)14-7-9-3-1-2-4-13(9)19-14/h1-8H. The Kier molecular flexibility index (Phi) is 3.31. The molecule has 4 heteroatoms. The topological polar surface area (TPSA) is 17.1 Å². The van der Waals surface area contributed by atoms with Crippen LogP contribution in [0.15, 0.2) is 48.5 Å². The molecule has 94 valence electrons. The quantitative estimate of drug-likeness (QED) is 0.576. The molecule has 3 aromatic rings. The van der Waals surface area contributed by atoms with Gasteiger partial charge in [0, 0.05) is 15.3 Å². The monoisotopic (exact) mass is 306 g/mol. The molecule has 0 aliphatic rings. The van der Waals surface area contributed by atoms with Crippen LogP contribution in [-0.4, -0.2) is 5.78 Å². The smallest absolute Gasteiger partial charge is 0.204 e. The first kappa shape index (κ1) is 12.7. The molecule has 19 heavy (non-hydrogen) atoms. The van der Waals surface area contributed by atoms with Gasteiger partial charge in [-0.15, -0.1) is 11.3 Å². The van der Waals surface area contributed by atoms with E-state index < -0.39 is 0 Å². The first-order valence-electron chi connectivity index (χ1n) is 5.63. The number of rotatable bonds is 2. The number of thiophene rings is 1. The van der Waals surface area contributed by atoms with E-state index in [0.717, 1.165) is 10.1 Å². The molecule has 0 saturated carbocycles. The molecular formula is C15H8Cl2OS. The van der Waals surface area contributed by atoms with Crippen LogP contribution in [0.1, 0.15) is 15.2 Å². The largest absolute Gasteiger partial charge is 0.288 e. The number of carbonyl (C=O) groups excluding carboxylic acids is 1. The Hall–Kier alpha value is -1.35. The molecule has 0 spiro atoms. The minimum Gasteiger partial charge on any atom is -0.288 e. The van der Waals surface area contributed by atoms with E-state index >= 15 is 0 Å². The van der Waals surface area contributed by atoms with E-state index in [1.54, 1.807) is 18.2 Å². The van der Waals surface area contributed by atoms with Gasteiger partial charge in [0.1, 0.15) is 0 Å². The van der Waals surface area contributed by atoms with Crippen molar-refractivity contribution in [3.05, 3.63) is 69.0 Å². The Morgan fingerprint density at radius 2 is 1.79 bits per heavy atom. The van der Waals surface area contributed by atoms with E-state index in [-0.39, 0.29) is 5.78 Å². The van der Waals surface area contributed by atoms with Crippen LogP contribution < -0.4 is 0 Å². The van der Waals surface area contributed by atoms with Crippen LogP contribution in [0, 0.1) is 0 Å². The van der Waals surface area contributed by atoms with E-state index in [2.05, 4.69) is 0 Å². The zero-order valence-corrected chi connectivity index (χ0v) is 12.0. The fraction of sp³-hybridized carbons (Fsp3) is 0. The zero-order valence-electron chi connectivity index (χ0n) is 9.69. The number of hydrogen-bond donors (Lipinski definition) is 0. The van der Waals surface area contributed by atoms with Crippen molar-refractivity contribution < 1.29 is 4.79 Å². The van der Waals surface area contributed by atoms with Crippen molar-refractivity contribution in [1.29, 1.82) is 0 Å². The first-order chi connectivity index (χ1) is 9.15. The number of benzene rings is 2. The van der Waals surface area contributed by atoms with Gasteiger partial charge in [-0.1, -0.05) is 41.4 Å². The molecule has 0 atom stereocenters. The molecule has 0 aliphatic carbocycles. The SMILES string of the molecule is O=C(c1cc2ccccc2s1)c1ccc(Cl)cc1Cl. The van der Waals surface area contributed by atoms with Crippen LogP contribution >= 0.6 is 34.5 Å². The molecule has 0 radical (unpaired) electrons. The van der Waals surface area contributed by atoms with Gasteiger partial charge in [-0.3, -0.25) is 4.79 Å². The molecule has 0 N–H and O–H groups in total. The predicted molar refractivity (Wildman–Crippen MR) is 81.7 cm³/mol. The van der Waals surface area contributed by atoms with Crippen LogP contribution in [0.25, 0.3) is 10.1 Å². The minimum absolute atomic E-state index is 0.0668. The third-order valence-electron chi connectivity index (χ3n) is 2.83. The Labute approximate surface area is 124 Å². The fourth-order valence-electron chi connectivity index (χ4n) is 1.90. The van der Waals surface area contributed by atoms with Crippen molar-refractivity contribution in [2.24, 2.45) is 0 Å². The van der Waals surface area contributed by atoms with Gasteiger partial charge in [0.25, 0.3) is 0 Å². The average molecular weight is 307 g/mol. The Balaban J connectivity index is 2.08. The van der Waals surface area contributed by atoms with E-state index in [9.17, 15) is 4.79 Å². The lowest BCUT2D eigenvalue weighted by Gasteiger charge is -2.01. The maximum absolute atomic E-state index is 12.4. The van der Waals surface area contributed by atoms with Crippen LogP contribution in [-0.2, 0) is 0 Å². The lowest BCUT2D eigenvalue weighted by molar-refractivity contribution is 0.104. The Bertz CT molecular complexity index is 744. The van der Waals surface area contributed by atoms with Crippen LogP contribution in [0.4, 0.5) is 0 Å². The molecule has 0 amide bonds. The molecule has 0 saturated heterocycles. The summed E-state index contributed by atoms with van der Waals surface area (Å²) in [7, 11) is 0. The van der Waals surface area contributed by atoms with E-state index in [1.165, 1.54) is 11.3 Å². The van der Waals surface area contributed by atoms with Gasteiger partial charge in [0.05, 0.1) is 9.90 Å². The maximum Gasteiger partial charge on any atom is 0.204 e. The number of fused-ring (bicyclic) bond motifs is 1. The van der Waals surface area contributed by atoms with Crippen LogP contribution in [0.5, 0.6) is 0 Å². The molecule has 1 aromatic heterocycles. The van der Waals surface area contributed by atoms with Gasteiger partial charge in [0.15, 0.2) is 0 Å². The second-order valence-corrected chi connectivity index (χ2v) is 6.03. The number of halogens is 2.